The quantitative estimate of drug-likeness (QED) is 0.334. The highest BCUT2D eigenvalue weighted by Crippen LogP contribution is 2.38. The van der Waals surface area contributed by atoms with E-state index in [2.05, 4.69) is 10.3 Å². The molecule has 0 atom stereocenters. The monoisotopic (exact) mass is 407 g/mol. The van der Waals surface area contributed by atoms with Gasteiger partial charge in [0.05, 0.1) is 21.2 Å². The van der Waals surface area contributed by atoms with Gasteiger partial charge in [-0.15, -0.1) is 0 Å². The molecule has 0 bridgehead atoms. The van der Waals surface area contributed by atoms with Crippen LogP contribution in [0.15, 0.2) is 81.5 Å². The van der Waals surface area contributed by atoms with E-state index in [0.29, 0.717) is 26.7 Å². The van der Waals surface area contributed by atoms with Crippen molar-refractivity contribution >= 4 is 40.9 Å². The average molecular weight is 407 g/mol. The molecule has 1 amide bonds. The number of carbonyl (C=O) groups is 1. The summed E-state index contributed by atoms with van der Waals surface area (Å²) in [5.74, 6) is -0.0751. The predicted octanol–water partition coefficient (Wildman–Crippen LogP) is 5.16. The van der Waals surface area contributed by atoms with Gasteiger partial charge in [0, 0.05) is 24.1 Å². The second-order valence-corrected chi connectivity index (χ2v) is 7.12. The maximum atomic E-state index is 11.6. The van der Waals surface area contributed by atoms with E-state index >= 15 is 0 Å². The summed E-state index contributed by atoms with van der Waals surface area (Å²) in [6.07, 6.45) is 1.53. The fourth-order valence-corrected chi connectivity index (χ4v) is 3.49. The Bertz CT molecular complexity index is 1080. The fraction of sp³-hybridized carbons (Fsp3) is 0.0476. The number of hydrogen-bond donors (Lipinski definition) is 2. The third-order valence-corrected chi connectivity index (χ3v) is 4.95. The number of amides is 1. The summed E-state index contributed by atoms with van der Waals surface area (Å²) < 4.78 is 0. The molecule has 0 saturated carbocycles. The van der Waals surface area contributed by atoms with Gasteiger partial charge in [-0.05, 0) is 48.0 Å². The van der Waals surface area contributed by atoms with Gasteiger partial charge in [0.2, 0.25) is 5.91 Å². The largest absolute Gasteiger partial charge is 0.508 e. The zero-order chi connectivity index (χ0) is 20.8. The Balaban J connectivity index is 1.88. The molecule has 0 heterocycles. The van der Waals surface area contributed by atoms with Crippen molar-refractivity contribution in [3.8, 4) is 5.75 Å². The van der Waals surface area contributed by atoms with Crippen LogP contribution < -0.4 is 5.32 Å². The third kappa shape index (κ3) is 5.43. The highest BCUT2D eigenvalue weighted by molar-refractivity contribution is 7.99. The van der Waals surface area contributed by atoms with Crippen LogP contribution in [0, 0.1) is 10.1 Å². The zero-order valence-electron chi connectivity index (χ0n) is 15.4. The van der Waals surface area contributed by atoms with Gasteiger partial charge in [-0.3, -0.25) is 19.9 Å². The average Bonchev–Trinajstić information content (AvgIpc) is 2.69. The third-order valence-electron chi connectivity index (χ3n) is 3.81. The zero-order valence-corrected chi connectivity index (χ0v) is 16.2. The Morgan fingerprint density at radius 3 is 2.52 bits per heavy atom. The molecule has 7 nitrogen and oxygen atoms in total. The van der Waals surface area contributed by atoms with Gasteiger partial charge in [0.1, 0.15) is 5.75 Å². The number of nitrogens with one attached hydrogen (secondary N) is 1. The Labute approximate surface area is 171 Å². The van der Waals surface area contributed by atoms with E-state index < -0.39 is 4.92 Å². The summed E-state index contributed by atoms with van der Waals surface area (Å²) in [5.41, 5.74) is 1.73. The number of phenols is 1. The lowest BCUT2D eigenvalue weighted by atomic mass is 10.2. The van der Waals surface area contributed by atoms with Crippen molar-refractivity contribution in [2.75, 3.05) is 5.32 Å². The molecule has 0 aliphatic carbocycles. The van der Waals surface area contributed by atoms with Gasteiger partial charge in [-0.25, -0.2) is 0 Å². The SMILES string of the molecule is CC(=O)Nc1ccccc1Sc1ccc(C=Nc2ccc(O)cc2)cc1[N+](=O)[O-]. The number of carbonyl (C=O) groups excluding carboxylic acids is 1. The van der Waals surface area contributed by atoms with Crippen molar-refractivity contribution in [3.05, 3.63) is 82.4 Å². The number of benzene rings is 3. The van der Waals surface area contributed by atoms with Crippen LogP contribution in [-0.4, -0.2) is 22.2 Å². The van der Waals surface area contributed by atoms with E-state index in [-0.39, 0.29) is 17.3 Å². The summed E-state index contributed by atoms with van der Waals surface area (Å²) in [4.78, 5) is 28.0. The second-order valence-electron chi connectivity index (χ2n) is 6.04. The molecular formula is C21H17N3O4S. The molecule has 146 valence electrons. The van der Waals surface area contributed by atoms with E-state index in [4.69, 9.17) is 0 Å². The number of hydrogen-bond acceptors (Lipinski definition) is 6. The lowest BCUT2D eigenvalue weighted by Gasteiger charge is -2.10. The van der Waals surface area contributed by atoms with Crippen LogP contribution in [0.2, 0.25) is 0 Å². The summed E-state index contributed by atoms with van der Waals surface area (Å²) >= 11 is 1.21. The molecule has 0 fully saturated rings. The fourth-order valence-electron chi connectivity index (χ4n) is 2.50. The van der Waals surface area contributed by atoms with E-state index in [1.807, 2.05) is 0 Å². The minimum Gasteiger partial charge on any atom is -0.508 e. The van der Waals surface area contributed by atoms with Gasteiger partial charge in [-0.1, -0.05) is 30.0 Å². The molecule has 0 unspecified atom stereocenters. The summed E-state index contributed by atoms with van der Waals surface area (Å²) in [5, 5.41) is 23.6. The Morgan fingerprint density at radius 1 is 1.10 bits per heavy atom. The van der Waals surface area contributed by atoms with Crippen LogP contribution in [-0.2, 0) is 4.79 Å². The molecule has 3 aromatic rings. The first-order valence-corrected chi connectivity index (χ1v) is 9.40. The number of phenolic OH excluding ortho intramolecular Hbond substituents is 1. The Kier molecular flexibility index (Phi) is 6.25. The van der Waals surface area contributed by atoms with Crippen LogP contribution in [0.4, 0.5) is 17.1 Å². The number of nitro groups is 1. The molecule has 0 aliphatic heterocycles. The normalized spacial score (nSPS) is 10.8. The highest BCUT2D eigenvalue weighted by atomic mass is 32.2. The second kappa shape index (κ2) is 9.03. The van der Waals surface area contributed by atoms with Crippen LogP contribution >= 0.6 is 11.8 Å². The van der Waals surface area contributed by atoms with Gasteiger partial charge >= 0.3 is 0 Å². The summed E-state index contributed by atoms with van der Waals surface area (Å²) in [6.45, 7) is 1.41. The molecular weight excluding hydrogens is 390 g/mol. The Morgan fingerprint density at radius 2 is 1.83 bits per heavy atom. The van der Waals surface area contributed by atoms with Crippen molar-refractivity contribution in [1.29, 1.82) is 0 Å². The molecule has 0 saturated heterocycles. The first-order valence-electron chi connectivity index (χ1n) is 8.58. The lowest BCUT2D eigenvalue weighted by Crippen LogP contribution is -2.06. The minimum atomic E-state index is -0.443. The molecule has 29 heavy (non-hydrogen) atoms. The van der Waals surface area contributed by atoms with Crippen LogP contribution in [0.25, 0.3) is 0 Å². The van der Waals surface area contributed by atoms with Crippen molar-refractivity contribution in [2.45, 2.75) is 16.7 Å². The molecule has 0 radical (unpaired) electrons. The number of para-hydroxylation sites is 1. The highest BCUT2D eigenvalue weighted by Gasteiger charge is 2.17. The van der Waals surface area contributed by atoms with Crippen molar-refractivity contribution in [1.82, 2.24) is 0 Å². The van der Waals surface area contributed by atoms with E-state index in [1.54, 1.807) is 48.5 Å². The van der Waals surface area contributed by atoms with Gasteiger partial charge < -0.3 is 10.4 Å². The van der Waals surface area contributed by atoms with Crippen LogP contribution in [0.5, 0.6) is 5.75 Å². The van der Waals surface area contributed by atoms with Crippen molar-refractivity contribution in [2.24, 2.45) is 4.99 Å². The first kappa shape index (κ1) is 20.1. The standard InChI is InChI=1S/C21H17N3O4S/c1-14(25)23-18-4-2-3-5-20(18)29-21-11-6-15(12-19(21)24(27)28)13-22-16-7-9-17(26)10-8-16/h2-13,26H,1H3,(H,23,25). The van der Waals surface area contributed by atoms with E-state index in [1.165, 1.54) is 43.1 Å². The van der Waals surface area contributed by atoms with Crippen molar-refractivity contribution in [3.63, 3.8) is 0 Å². The van der Waals surface area contributed by atoms with Gasteiger partial charge in [0.15, 0.2) is 0 Å². The van der Waals surface area contributed by atoms with Gasteiger partial charge in [0.25, 0.3) is 5.69 Å². The van der Waals surface area contributed by atoms with Crippen molar-refractivity contribution < 1.29 is 14.8 Å². The molecule has 0 aliphatic rings. The maximum absolute atomic E-state index is 11.6. The predicted molar refractivity (Wildman–Crippen MR) is 113 cm³/mol. The summed E-state index contributed by atoms with van der Waals surface area (Å²) in [6, 6.07) is 18.3. The molecule has 0 aromatic heterocycles. The first-order chi connectivity index (χ1) is 13.9. The lowest BCUT2D eigenvalue weighted by molar-refractivity contribution is -0.387. The van der Waals surface area contributed by atoms with Crippen LogP contribution in [0.3, 0.4) is 0 Å². The molecule has 3 rings (SSSR count). The molecule has 8 heteroatoms. The number of nitro benzene ring substituents is 1. The molecule has 3 aromatic carbocycles. The topological polar surface area (TPSA) is 105 Å². The number of aromatic hydroxyl groups is 1. The Hall–Kier alpha value is -3.65. The van der Waals surface area contributed by atoms with Crippen LogP contribution in [0.1, 0.15) is 12.5 Å². The number of aliphatic imine (C=N–C) groups is 1. The number of rotatable bonds is 6. The molecule has 0 spiro atoms. The molecule has 2 N–H and O–H groups in total. The van der Waals surface area contributed by atoms with Gasteiger partial charge in [-0.2, -0.15) is 0 Å². The van der Waals surface area contributed by atoms with E-state index in [9.17, 15) is 20.0 Å². The smallest absolute Gasteiger partial charge is 0.283 e. The minimum absolute atomic E-state index is 0.0534. The number of nitrogens with zero attached hydrogens (tertiary/aromatic N) is 2. The van der Waals surface area contributed by atoms with E-state index in [0.717, 1.165) is 0 Å². The number of anilines is 1. The maximum Gasteiger partial charge on any atom is 0.283 e. The summed E-state index contributed by atoms with van der Waals surface area (Å²) in [7, 11) is 0.